The van der Waals surface area contributed by atoms with Crippen molar-refractivity contribution in [2.75, 3.05) is 7.11 Å². The van der Waals surface area contributed by atoms with Crippen molar-refractivity contribution in [1.82, 2.24) is 4.98 Å². The summed E-state index contributed by atoms with van der Waals surface area (Å²) in [6.45, 7) is 14.0. The molecule has 0 saturated heterocycles. The van der Waals surface area contributed by atoms with Crippen LogP contribution < -0.4 is 4.74 Å². The summed E-state index contributed by atoms with van der Waals surface area (Å²) >= 11 is 1.69. The van der Waals surface area contributed by atoms with Gasteiger partial charge < -0.3 is 4.74 Å². The molecule has 0 N–H and O–H groups in total. The molecule has 0 radical (unpaired) electrons. The van der Waals surface area contributed by atoms with Crippen molar-refractivity contribution in [3.8, 4) is 5.75 Å². The highest BCUT2D eigenvalue weighted by molar-refractivity contribution is 7.18. The molecule has 104 valence electrons. The van der Waals surface area contributed by atoms with Crippen molar-refractivity contribution in [2.24, 2.45) is 0 Å². The Balaban J connectivity index is 0. The summed E-state index contributed by atoms with van der Waals surface area (Å²) in [5.74, 6) is 0.895. The molecule has 1 aromatic heterocycles. The lowest BCUT2D eigenvalue weighted by Crippen LogP contribution is -1.80. The molecule has 0 unspecified atom stereocenters. The molecule has 3 heteroatoms. The first-order valence-corrected chi connectivity index (χ1v) is 7.52. The first kappa shape index (κ1) is 19.3. The molecule has 0 aliphatic rings. The van der Waals surface area contributed by atoms with Gasteiger partial charge in [-0.25, -0.2) is 4.98 Å². The molecular formula is C15H27NOS. The average Bonchev–Trinajstić information content (AvgIpc) is 2.84. The van der Waals surface area contributed by atoms with Gasteiger partial charge in [-0.3, -0.25) is 0 Å². The van der Waals surface area contributed by atoms with Gasteiger partial charge in [0.25, 0.3) is 0 Å². The van der Waals surface area contributed by atoms with E-state index in [1.165, 1.54) is 4.70 Å². The van der Waals surface area contributed by atoms with E-state index in [9.17, 15) is 0 Å². The Kier molecular flexibility index (Phi) is 13.2. The summed E-state index contributed by atoms with van der Waals surface area (Å²) in [7, 11) is 1.68. The van der Waals surface area contributed by atoms with Crippen molar-refractivity contribution in [2.45, 2.75) is 48.5 Å². The number of rotatable bonds is 1. The standard InChI is InChI=1S/C9H9NOS.3C2H6/c1-6-10-8-4-3-7(11-2)5-9(8)12-6;3*1-2/h3-5H,1-2H3;3*1-2H3. The molecule has 2 nitrogen and oxygen atoms in total. The van der Waals surface area contributed by atoms with Crippen molar-refractivity contribution >= 4 is 21.6 Å². The lowest BCUT2D eigenvalue weighted by Gasteiger charge is -1.96. The normalized spacial score (nSPS) is 8.00. The molecule has 0 saturated carbocycles. The third kappa shape index (κ3) is 6.01. The van der Waals surface area contributed by atoms with E-state index >= 15 is 0 Å². The van der Waals surface area contributed by atoms with Crippen LogP contribution in [-0.2, 0) is 0 Å². The molecule has 0 aliphatic heterocycles. The number of aryl methyl sites for hydroxylation is 1. The second-order valence-electron chi connectivity index (χ2n) is 2.57. The van der Waals surface area contributed by atoms with E-state index in [-0.39, 0.29) is 0 Å². The van der Waals surface area contributed by atoms with E-state index < -0.39 is 0 Å². The molecule has 0 bridgehead atoms. The Morgan fingerprint density at radius 2 is 1.56 bits per heavy atom. The Bertz CT molecular complexity index is 410. The second-order valence-corrected chi connectivity index (χ2v) is 3.80. The quantitative estimate of drug-likeness (QED) is 0.663. The molecular weight excluding hydrogens is 242 g/mol. The van der Waals surface area contributed by atoms with Gasteiger partial charge in [0.15, 0.2) is 0 Å². The number of hydrogen-bond donors (Lipinski definition) is 0. The van der Waals surface area contributed by atoms with Gasteiger partial charge in [-0.15, -0.1) is 11.3 Å². The molecule has 0 spiro atoms. The monoisotopic (exact) mass is 269 g/mol. The van der Waals surface area contributed by atoms with Crippen LogP contribution in [0.25, 0.3) is 10.2 Å². The maximum Gasteiger partial charge on any atom is 0.120 e. The van der Waals surface area contributed by atoms with Gasteiger partial charge in [-0.05, 0) is 25.1 Å². The van der Waals surface area contributed by atoms with Crippen LogP contribution in [0, 0.1) is 6.92 Å². The van der Waals surface area contributed by atoms with E-state index in [1.54, 1.807) is 18.4 Å². The Labute approximate surface area is 116 Å². The molecule has 0 amide bonds. The van der Waals surface area contributed by atoms with E-state index in [1.807, 2.05) is 66.7 Å². The fraction of sp³-hybridized carbons (Fsp3) is 0.533. The predicted molar refractivity (Wildman–Crippen MR) is 85.0 cm³/mol. The fourth-order valence-electron chi connectivity index (χ4n) is 1.15. The Morgan fingerprint density at radius 3 is 2.06 bits per heavy atom. The van der Waals surface area contributed by atoms with Crippen LogP contribution in [0.3, 0.4) is 0 Å². The van der Waals surface area contributed by atoms with Crippen LogP contribution in [0.1, 0.15) is 46.6 Å². The number of benzene rings is 1. The zero-order valence-corrected chi connectivity index (χ0v) is 13.8. The average molecular weight is 269 g/mol. The van der Waals surface area contributed by atoms with Crippen LogP contribution in [-0.4, -0.2) is 12.1 Å². The summed E-state index contributed by atoms with van der Waals surface area (Å²) in [6.07, 6.45) is 0. The first-order valence-electron chi connectivity index (χ1n) is 6.71. The van der Waals surface area contributed by atoms with Gasteiger partial charge in [-0.1, -0.05) is 41.5 Å². The minimum absolute atomic E-state index is 0.895. The van der Waals surface area contributed by atoms with Crippen molar-refractivity contribution in [3.63, 3.8) is 0 Å². The summed E-state index contributed by atoms with van der Waals surface area (Å²) in [4.78, 5) is 4.35. The van der Waals surface area contributed by atoms with Gasteiger partial charge in [0, 0.05) is 0 Å². The van der Waals surface area contributed by atoms with Crippen LogP contribution in [0.5, 0.6) is 5.75 Å². The number of aromatic nitrogens is 1. The van der Waals surface area contributed by atoms with Gasteiger partial charge in [-0.2, -0.15) is 0 Å². The molecule has 2 rings (SSSR count). The summed E-state index contributed by atoms with van der Waals surface area (Å²) in [6, 6.07) is 5.93. The topological polar surface area (TPSA) is 22.1 Å². The smallest absolute Gasteiger partial charge is 0.120 e. The first-order chi connectivity index (χ1) is 8.79. The summed E-state index contributed by atoms with van der Waals surface area (Å²) in [5, 5.41) is 1.10. The molecule has 2 aromatic rings. The maximum atomic E-state index is 5.11. The third-order valence-electron chi connectivity index (χ3n) is 1.70. The zero-order chi connectivity index (χ0) is 14.6. The van der Waals surface area contributed by atoms with Crippen LogP contribution in [0.15, 0.2) is 18.2 Å². The van der Waals surface area contributed by atoms with E-state index in [4.69, 9.17) is 4.74 Å². The highest BCUT2D eigenvalue weighted by atomic mass is 32.1. The zero-order valence-electron chi connectivity index (χ0n) is 13.0. The SMILES string of the molecule is CC.CC.CC.COc1ccc2nc(C)sc2c1. The van der Waals surface area contributed by atoms with Crippen molar-refractivity contribution < 1.29 is 4.74 Å². The summed E-state index contributed by atoms with van der Waals surface area (Å²) < 4.78 is 6.30. The molecule has 18 heavy (non-hydrogen) atoms. The maximum absolute atomic E-state index is 5.11. The number of thiazole rings is 1. The largest absolute Gasteiger partial charge is 0.497 e. The highest BCUT2D eigenvalue weighted by Crippen LogP contribution is 2.25. The van der Waals surface area contributed by atoms with Crippen LogP contribution in [0.4, 0.5) is 0 Å². The van der Waals surface area contributed by atoms with Gasteiger partial charge in [0.2, 0.25) is 0 Å². The van der Waals surface area contributed by atoms with Crippen molar-refractivity contribution in [3.05, 3.63) is 23.2 Å². The lowest BCUT2D eigenvalue weighted by atomic mass is 10.3. The number of nitrogens with zero attached hydrogens (tertiary/aromatic N) is 1. The molecule has 0 aliphatic carbocycles. The summed E-state index contributed by atoms with van der Waals surface area (Å²) in [5.41, 5.74) is 1.05. The number of hydrogen-bond acceptors (Lipinski definition) is 3. The van der Waals surface area contributed by atoms with Gasteiger partial charge in [0.1, 0.15) is 5.75 Å². The second kappa shape index (κ2) is 12.4. The Hall–Kier alpha value is -1.09. The minimum atomic E-state index is 0.895. The highest BCUT2D eigenvalue weighted by Gasteiger charge is 2.00. The number of ether oxygens (including phenoxy) is 1. The fourth-order valence-corrected chi connectivity index (χ4v) is 2.00. The van der Waals surface area contributed by atoms with Gasteiger partial charge in [0.05, 0.1) is 22.3 Å². The predicted octanol–water partition coefficient (Wildman–Crippen LogP) is 5.69. The number of methoxy groups -OCH3 is 1. The Morgan fingerprint density at radius 1 is 1.00 bits per heavy atom. The van der Waals surface area contributed by atoms with E-state index in [2.05, 4.69) is 4.98 Å². The van der Waals surface area contributed by atoms with Gasteiger partial charge >= 0.3 is 0 Å². The van der Waals surface area contributed by atoms with E-state index in [0.29, 0.717) is 0 Å². The molecule has 0 atom stereocenters. The molecule has 1 aromatic carbocycles. The number of fused-ring (bicyclic) bond motifs is 1. The van der Waals surface area contributed by atoms with Crippen LogP contribution in [0.2, 0.25) is 0 Å². The van der Waals surface area contributed by atoms with Crippen molar-refractivity contribution in [1.29, 1.82) is 0 Å². The molecule has 0 fully saturated rings. The molecule has 1 heterocycles. The third-order valence-corrected chi connectivity index (χ3v) is 2.64. The van der Waals surface area contributed by atoms with E-state index in [0.717, 1.165) is 16.3 Å². The van der Waals surface area contributed by atoms with Crippen LogP contribution >= 0.6 is 11.3 Å². The minimum Gasteiger partial charge on any atom is -0.497 e. The lowest BCUT2D eigenvalue weighted by molar-refractivity contribution is 0.415.